The molecule has 1 aliphatic rings. The lowest BCUT2D eigenvalue weighted by atomic mass is 10.1. The summed E-state index contributed by atoms with van der Waals surface area (Å²) in [7, 11) is 0. The van der Waals surface area contributed by atoms with E-state index in [2.05, 4.69) is 22.0 Å². The normalized spacial score (nSPS) is 20.3. The molecule has 0 fully saturated rings. The quantitative estimate of drug-likeness (QED) is 0.790. The number of aliphatic hydroxyl groups excluding tert-OH is 1. The maximum absolute atomic E-state index is 8.87. The van der Waals surface area contributed by atoms with Crippen LogP contribution in [0, 0.1) is 6.07 Å². The molecule has 2 rings (SSSR count). The molecule has 12 heavy (non-hydrogen) atoms. The predicted molar refractivity (Wildman–Crippen MR) is 48.2 cm³/mol. The topological polar surface area (TPSA) is 29.5 Å². The number of aliphatic hydroxyl groups is 1. The summed E-state index contributed by atoms with van der Waals surface area (Å²) in [5.41, 5.74) is 1.11. The Kier molecular flexibility index (Phi) is 2.07. The maximum atomic E-state index is 8.87. The summed E-state index contributed by atoms with van der Waals surface area (Å²) in [5, 5.41) is 8.87. The van der Waals surface area contributed by atoms with E-state index in [4.69, 9.17) is 9.84 Å². The molecule has 0 aromatic heterocycles. The molecule has 1 aromatic rings. The molecule has 1 N–H and O–H groups in total. The van der Waals surface area contributed by atoms with Crippen LogP contribution in [-0.4, -0.2) is 17.8 Å². The summed E-state index contributed by atoms with van der Waals surface area (Å²) < 4.78 is 6.44. The number of ether oxygens (including phenoxy) is 1. The summed E-state index contributed by atoms with van der Waals surface area (Å²) in [6.45, 7) is 0.0644. The minimum atomic E-state index is -0.0880. The molecule has 1 aliphatic heterocycles. The van der Waals surface area contributed by atoms with E-state index in [1.165, 1.54) is 0 Å². The number of fused-ring (bicyclic) bond motifs is 1. The Labute approximate surface area is 79.3 Å². The van der Waals surface area contributed by atoms with Gasteiger partial charge in [0.15, 0.2) is 0 Å². The maximum Gasteiger partial charge on any atom is 0.132 e. The van der Waals surface area contributed by atoms with Crippen LogP contribution in [0.3, 0.4) is 0 Å². The van der Waals surface area contributed by atoms with E-state index in [9.17, 15) is 0 Å². The summed E-state index contributed by atoms with van der Waals surface area (Å²) in [5.74, 6) is 0.767. The van der Waals surface area contributed by atoms with Crippen molar-refractivity contribution in [3.05, 3.63) is 28.2 Å². The molecule has 0 spiro atoms. The molecular formula is C9H8BrO2. The van der Waals surface area contributed by atoms with Crippen molar-refractivity contribution < 1.29 is 9.84 Å². The Morgan fingerprint density at radius 1 is 1.75 bits per heavy atom. The highest BCUT2D eigenvalue weighted by Crippen LogP contribution is 2.33. The molecular weight excluding hydrogens is 220 g/mol. The second-order valence-electron chi connectivity index (χ2n) is 2.76. The van der Waals surface area contributed by atoms with Crippen LogP contribution in [0.5, 0.6) is 5.75 Å². The average molecular weight is 228 g/mol. The molecule has 63 valence electrons. The van der Waals surface area contributed by atoms with Gasteiger partial charge >= 0.3 is 0 Å². The first-order valence-electron chi connectivity index (χ1n) is 3.78. The second-order valence-corrected chi connectivity index (χ2v) is 3.61. The second kappa shape index (κ2) is 3.07. The summed E-state index contributed by atoms with van der Waals surface area (Å²) in [4.78, 5) is 0. The standard InChI is InChI=1S/C9H8BrO2/c10-8-2-1-3-9-7(8)4-6(5-11)12-9/h1-2,6,11H,4-5H2. The Bertz CT molecular complexity index is 299. The van der Waals surface area contributed by atoms with E-state index in [0.29, 0.717) is 0 Å². The average Bonchev–Trinajstić information content (AvgIpc) is 2.49. The number of hydrogen-bond acceptors (Lipinski definition) is 2. The summed E-state index contributed by atoms with van der Waals surface area (Å²) in [6, 6.07) is 6.73. The van der Waals surface area contributed by atoms with Crippen LogP contribution >= 0.6 is 15.9 Å². The van der Waals surface area contributed by atoms with Crippen molar-refractivity contribution in [3.63, 3.8) is 0 Å². The van der Waals surface area contributed by atoms with Gasteiger partial charge in [0.05, 0.1) is 6.61 Å². The summed E-state index contributed by atoms with van der Waals surface area (Å²) >= 11 is 3.42. The SMILES string of the molecule is OCC1Cc2c([c]ccc2Br)O1. The molecule has 0 bridgehead atoms. The molecule has 0 aliphatic carbocycles. The predicted octanol–water partition coefficient (Wildman–Crippen LogP) is 1.55. The largest absolute Gasteiger partial charge is 0.487 e. The lowest BCUT2D eigenvalue weighted by Crippen LogP contribution is -2.17. The zero-order valence-corrected chi connectivity index (χ0v) is 7.97. The van der Waals surface area contributed by atoms with Gasteiger partial charge in [-0.15, -0.1) is 0 Å². The Balaban J connectivity index is 2.35. The molecule has 0 saturated carbocycles. The Hall–Kier alpha value is -0.540. The van der Waals surface area contributed by atoms with Crippen LogP contribution in [0.15, 0.2) is 16.6 Å². The third-order valence-corrected chi connectivity index (χ3v) is 2.67. The first kappa shape index (κ1) is 8.08. The van der Waals surface area contributed by atoms with Gasteiger partial charge in [-0.3, -0.25) is 0 Å². The van der Waals surface area contributed by atoms with Gasteiger partial charge < -0.3 is 9.84 Å². The zero-order valence-electron chi connectivity index (χ0n) is 6.38. The fourth-order valence-electron chi connectivity index (χ4n) is 1.32. The molecule has 1 unspecified atom stereocenters. The van der Waals surface area contributed by atoms with Crippen molar-refractivity contribution in [1.29, 1.82) is 0 Å². The molecule has 1 heterocycles. The zero-order chi connectivity index (χ0) is 8.55. The van der Waals surface area contributed by atoms with Gasteiger partial charge in [0.25, 0.3) is 0 Å². The van der Waals surface area contributed by atoms with Crippen LogP contribution in [0.4, 0.5) is 0 Å². The van der Waals surface area contributed by atoms with Gasteiger partial charge in [-0.2, -0.15) is 0 Å². The number of halogens is 1. The van der Waals surface area contributed by atoms with Crippen LogP contribution < -0.4 is 4.74 Å². The van der Waals surface area contributed by atoms with Gasteiger partial charge in [-0.25, -0.2) is 0 Å². The van der Waals surface area contributed by atoms with Crippen molar-refractivity contribution in [3.8, 4) is 5.75 Å². The molecule has 3 heteroatoms. The van der Waals surface area contributed by atoms with E-state index < -0.39 is 0 Å². The Morgan fingerprint density at radius 3 is 3.25 bits per heavy atom. The van der Waals surface area contributed by atoms with Crippen molar-refractivity contribution in [2.24, 2.45) is 0 Å². The lowest BCUT2D eigenvalue weighted by molar-refractivity contribution is 0.134. The number of rotatable bonds is 1. The molecule has 2 nitrogen and oxygen atoms in total. The van der Waals surface area contributed by atoms with Crippen molar-refractivity contribution in [2.75, 3.05) is 6.61 Å². The van der Waals surface area contributed by atoms with Gasteiger partial charge in [0.2, 0.25) is 0 Å². The highest BCUT2D eigenvalue weighted by molar-refractivity contribution is 9.10. The smallest absolute Gasteiger partial charge is 0.132 e. The van der Waals surface area contributed by atoms with Gasteiger partial charge in [-0.1, -0.05) is 15.9 Å². The third kappa shape index (κ3) is 1.23. The highest BCUT2D eigenvalue weighted by Gasteiger charge is 2.23. The van der Waals surface area contributed by atoms with Crippen LogP contribution in [0.1, 0.15) is 5.56 Å². The van der Waals surface area contributed by atoms with E-state index in [1.807, 2.05) is 12.1 Å². The minimum Gasteiger partial charge on any atom is -0.487 e. The number of hydrogen-bond donors (Lipinski definition) is 1. The molecule has 0 amide bonds. The van der Waals surface area contributed by atoms with Gasteiger partial charge in [0, 0.05) is 22.5 Å². The lowest BCUT2D eigenvalue weighted by Gasteiger charge is -2.04. The highest BCUT2D eigenvalue weighted by atomic mass is 79.9. The third-order valence-electron chi connectivity index (χ3n) is 1.93. The molecule has 1 radical (unpaired) electrons. The van der Waals surface area contributed by atoms with Gasteiger partial charge in [0.1, 0.15) is 11.9 Å². The van der Waals surface area contributed by atoms with Crippen LogP contribution in [0.25, 0.3) is 0 Å². The van der Waals surface area contributed by atoms with E-state index in [1.54, 1.807) is 0 Å². The van der Waals surface area contributed by atoms with Gasteiger partial charge in [-0.05, 0) is 12.1 Å². The van der Waals surface area contributed by atoms with E-state index in [0.717, 1.165) is 22.2 Å². The molecule has 1 aromatic carbocycles. The molecule has 0 saturated heterocycles. The van der Waals surface area contributed by atoms with Crippen LogP contribution in [-0.2, 0) is 6.42 Å². The monoisotopic (exact) mass is 227 g/mol. The van der Waals surface area contributed by atoms with Crippen molar-refractivity contribution in [1.82, 2.24) is 0 Å². The van der Waals surface area contributed by atoms with E-state index in [-0.39, 0.29) is 12.7 Å². The number of benzene rings is 1. The fourth-order valence-corrected chi connectivity index (χ4v) is 1.79. The van der Waals surface area contributed by atoms with Crippen molar-refractivity contribution in [2.45, 2.75) is 12.5 Å². The summed E-state index contributed by atoms with van der Waals surface area (Å²) in [6.07, 6.45) is 0.680. The minimum absolute atomic E-state index is 0.0644. The van der Waals surface area contributed by atoms with Crippen molar-refractivity contribution >= 4 is 15.9 Å². The first-order chi connectivity index (χ1) is 5.81. The Morgan fingerprint density at radius 2 is 2.58 bits per heavy atom. The van der Waals surface area contributed by atoms with E-state index >= 15 is 0 Å². The molecule has 1 atom stereocenters. The van der Waals surface area contributed by atoms with Crippen LogP contribution in [0.2, 0.25) is 0 Å². The fraction of sp³-hybridized carbons (Fsp3) is 0.333. The first-order valence-corrected chi connectivity index (χ1v) is 4.57.